The molecule has 0 aliphatic rings. The zero-order valence-electron chi connectivity index (χ0n) is 11.3. The average Bonchev–Trinajstić information content (AvgIpc) is 2.45. The number of hydrogen-bond donors (Lipinski definition) is 2. The van der Waals surface area contributed by atoms with Crippen LogP contribution in [0.25, 0.3) is 11.0 Å². The predicted octanol–water partition coefficient (Wildman–Crippen LogP) is 0.827. The summed E-state index contributed by atoms with van der Waals surface area (Å²) in [6, 6.07) is 5.53. The van der Waals surface area contributed by atoms with Crippen molar-refractivity contribution < 1.29 is 24.2 Å². The molecule has 0 radical (unpaired) electrons. The van der Waals surface area contributed by atoms with Gasteiger partial charge in [-0.2, -0.15) is 0 Å². The molecule has 116 valence electrons. The maximum absolute atomic E-state index is 11.9. The Morgan fingerprint density at radius 1 is 1.41 bits per heavy atom. The standard InChI is InChI=1S/C13H12N2O7/c16-9-3-2-8-6-10(13(18)22-11(8)7-9)12(17)14-4-1-5-21-15(19)20/h2-3,6-7,16H,1,4-5H2,(H,14,17). The van der Waals surface area contributed by atoms with Crippen LogP contribution in [0.4, 0.5) is 0 Å². The van der Waals surface area contributed by atoms with Crippen LogP contribution in [0.15, 0.2) is 33.5 Å². The molecule has 0 atom stereocenters. The fraction of sp³-hybridized carbons (Fsp3) is 0.231. The lowest BCUT2D eigenvalue weighted by Crippen LogP contribution is -2.29. The molecule has 1 heterocycles. The van der Waals surface area contributed by atoms with E-state index in [0.29, 0.717) is 5.39 Å². The van der Waals surface area contributed by atoms with Crippen molar-refractivity contribution in [2.45, 2.75) is 6.42 Å². The minimum Gasteiger partial charge on any atom is -0.508 e. The molecule has 9 nitrogen and oxygen atoms in total. The van der Waals surface area contributed by atoms with E-state index in [1.165, 1.54) is 24.3 Å². The summed E-state index contributed by atoms with van der Waals surface area (Å²) in [5.41, 5.74) is -0.855. The van der Waals surface area contributed by atoms with Crippen LogP contribution >= 0.6 is 0 Å². The molecule has 0 unspecified atom stereocenters. The third kappa shape index (κ3) is 3.72. The average molecular weight is 308 g/mol. The van der Waals surface area contributed by atoms with Crippen molar-refractivity contribution in [2.24, 2.45) is 0 Å². The Hall–Kier alpha value is -3.10. The maximum atomic E-state index is 11.9. The molecule has 1 aromatic carbocycles. The molecule has 0 saturated carbocycles. The van der Waals surface area contributed by atoms with Crippen LogP contribution in [0.2, 0.25) is 0 Å². The van der Waals surface area contributed by atoms with Gasteiger partial charge in [0.05, 0.1) is 6.61 Å². The summed E-state index contributed by atoms with van der Waals surface area (Å²) < 4.78 is 4.96. The summed E-state index contributed by atoms with van der Waals surface area (Å²) in [7, 11) is 0. The Morgan fingerprint density at radius 3 is 2.91 bits per heavy atom. The quantitative estimate of drug-likeness (QED) is 0.349. The van der Waals surface area contributed by atoms with Crippen molar-refractivity contribution in [3.05, 3.63) is 50.4 Å². The minimum absolute atomic E-state index is 0.0568. The number of aromatic hydroxyl groups is 1. The number of benzene rings is 1. The Bertz CT molecular complexity index is 769. The minimum atomic E-state index is -0.921. The van der Waals surface area contributed by atoms with E-state index in [1.54, 1.807) is 0 Å². The van der Waals surface area contributed by atoms with Gasteiger partial charge in [0.25, 0.3) is 11.0 Å². The summed E-state index contributed by atoms with van der Waals surface area (Å²) >= 11 is 0. The van der Waals surface area contributed by atoms with Gasteiger partial charge < -0.3 is 19.7 Å². The summed E-state index contributed by atoms with van der Waals surface area (Å²) in [5.74, 6) is -0.705. The Labute approximate surface area is 123 Å². The van der Waals surface area contributed by atoms with E-state index in [9.17, 15) is 24.8 Å². The van der Waals surface area contributed by atoms with Gasteiger partial charge in [-0.15, -0.1) is 10.1 Å². The van der Waals surface area contributed by atoms with Gasteiger partial charge >= 0.3 is 5.63 Å². The number of phenols is 1. The Balaban J connectivity index is 2.05. The lowest BCUT2D eigenvalue weighted by molar-refractivity contribution is -0.757. The molecular formula is C13H12N2O7. The Morgan fingerprint density at radius 2 is 2.18 bits per heavy atom. The first-order valence-corrected chi connectivity index (χ1v) is 6.30. The van der Waals surface area contributed by atoms with Crippen molar-refractivity contribution in [3.63, 3.8) is 0 Å². The molecule has 2 aromatic rings. The third-order valence-corrected chi connectivity index (χ3v) is 2.77. The van der Waals surface area contributed by atoms with E-state index < -0.39 is 16.6 Å². The number of phenolic OH excluding ortho intramolecular Hbond substituents is 1. The fourth-order valence-corrected chi connectivity index (χ4v) is 1.77. The first-order valence-electron chi connectivity index (χ1n) is 6.30. The topological polar surface area (TPSA) is 132 Å². The van der Waals surface area contributed by atoms with Gasteiger partial charge in [0.2, 0.25) is 0 Å². The zero-order valence-corrected chi connectivity index (χ0v) is 11.3. The molecule has 0 aliphatic heterocycles. The summed E-state index contributed by atoms with van der Waals surface area (Å²) in [6.07, 6.45) is 0.222. The first kappa shape index (κ1) is 15.3. The number of hydrogen-bond acceptors (Lipinski definition) is 7. The van der Waals surface area contributed by atoms with Gasteiger partial charge in [-0.1, -0.05) is 0 Å². The second-order valence-corrected chi connectivity index (χ2v) is 4.34. The van der Waals surface area contributed by atoms with E-state index >= 15 is 0 Å². The second-order valence-electron chi connectivity index (χ2n) is 4.34. The van der Waals surface area contributed by atoms with Gasteiger partial charge in [-0.3, -0.25) is 4.79 Å². The van der Waals surface area contributed by atoms with Crippen LogP contribution in [0, 0.1) is 10.1 Å². The fourth-order valence-electron chi connectivity index (χ4n) is 1.77. The molecule has 1 aromatic heterocycles. The monoisotopic (exact) mass is 308 g/mol. The second kappa shape index (κ2) is 6.57. The molecule has 0 saturated heterocycles. The molecule has 0 bridgehead atoms. The highest BCUT2D eigenvalue weighted by atomic mass is 16.9. The smallest absolute Gasteiger partial charge is 0.349 e. The highest BCUT2D eigenvalue weighted by Gasteiger charge is 2.13. The highest BCUT2D eigenvalue weighted by molar-refractivity contribution is 5.96. The van der Waals surface area contributed by atoms with Crippen LogP contribution in [-0.2, 0) is 4.84 Å². The molecule has 0 aliphatic carbocycles. The number of carbonyl (C=O) groups excluding carboxylic acids is 1. The van der Waals surface area contributed by atoms with Crippen LogP contribution < -0.4 is 10.9 Å². The van der Waals surface area contributed by atoms with Gasteiger partial charge in [-0.25, -0.2) is 4.79 Å². The summed E-state index contributed by atoms with van der Waals surface area (Å²) in [4.78, 5) is 37.6. The van der Waals surface area contributed by atoms with E-state index in [1.807, 2.05) is 0 Å². The zero-order chi connectivity index (χ0) is 16.1. The van der Waals surface area contributed by atoms with E-state index in [-0.39, 0.29) is 36.5 Å². The maximum Gasteiger partial charge on any atom is 0.349 e. The van der Waals surface area contributed by atoms with Crippen LogP contribution in [-0.4, -0.2) is 29.3 Å². The molecule has 0 spiro atoms. The molecule has 22 heavy (non-hydrogen) atoms. The van der Waals surface area contributed by atoms with Gasteiger partial charge in [0, 0.05) is 18.0 Å². The number of rotatable bonds is 6. The largest absolute Gasteiger partial charge is 0.508 e. The van der Waals surface area contributed by atoms with Crippen molar-refractivity contribution in [1.82, 2.24) is 5.32 Å². The van der Waals surface area contributed by atoms with Crippen LogP contribution in [0.1, 0.15) is 16.8 Å². The van der Waals surface area contributed by atoms with Gasteiger partial charge in [0.15, 0.2) is 0 Å². The predicted molar refractivity (Wildman–Crippen MR) is 74.0 cm³/mol. The first-order chi connectivity index (χ1) is 10.5. The number of amides is 1. The summed E-state index contributed by atoms with van der Waals surface area (Å²) in [5, 5.41) is 21.2. The molecule has 2 N–H and O–H groups in total. The van der Waals surface area contributed by atoms with Gasteiger partial charge in [0.1, 0.15) is 16.9 Å². The van der Waals surface area contributed by atoms with Gasteiger partial charge in [-0.05, 0) is 24.6 Å². The van der Waals surface area contributed by atoms with Crippen LogP contribution in [0.5, 0.6) is 5.75 Å². The van der Waals surface area contributed by atoms with E-state index in [4.69, 9.17) is 4.42 Å². The number of carbonyl (C=O) groups is 1. The molecular weight excluding hydrogens is 296 g/mol. The lowest BCUT2D eigenvalue weighted by atomic mass is 10.1. The summed E-state index contributed by atoms with van der Waals surface area (Å²) in [6.45, 7) is -0.0430. The Kier molecular flexibility index (Phi) is 4.57. The highest BCUT2D eigenvalue weighted by Crippen LogP contribution is 2.19. The van der Waals surface area contributed by atoms with E-state index in [2.05, 4.69) is 10.2 Å². The van der Waals surface area contributed by atoms with Crippen molar-refractivity contribution in [2.75, 3.05) is 13.2 Å². The normalized spacial score (nSPS) is 10.4. The third-order valence-electron chi connectivity index (χ3n) is 2.77. The molecule has 2 rings (SSSR count). The molecule has 9 heteroatoms. The number of fused-ring (bicyclic) bond motifs is 1. The number of nitrogens with one attached hydrogen (secondary N) is 1. The van der Waals surface area contributed by atoms with Crippen molar-refractivity contribution in [3.8, 4) is 5.75 Å². The van der Waals surface area contributed by atoms with Crippen molar-refractivity contribution in [1.29, 1.82) is 0 Å². The lowest BCUT2D eigenvalue weighted by Gasteiger charge is -2.05. The van der Waals surface area contributed by atoms with Crippen LogP contribution in [0.3, 0.4) is 0 Å². The number of nitrogens with zero attached hydrogens (tertiary/aromatic N) is 1. The van der Waals surface area contributed by atoms with E-state index in [0.717, 1.165) is 0 Å². The SMILES string of the molecule is O=C(NCCCO[N+](=O)[O-])c1cc2ccc(O)cc2oc1=O. The molecule has 1 amide bonds. The molecule has 0 fully saturated rings. The van der Waals surface area contributed by atoms with Crippen molar-refractivity contribution >= 4 is 16.9 Å².